The molecule has 0 radical (unpaired) electrons. The molecular weight excluding hydrogens is 151 g/mol. The molecule has 0 amide bonds. The smallest absolute Gasteiger partial charge is 0.0204 e. The van der Waals surface area contributed by atoms with Gasteiger partial charge in [-0.15, -0.1) is 8.58 Å². The minimum atomic E-state index is 0.549. The van der Waals surface area contributed by atoms with Crippen molar-refractivity contribution in [3.05, 3.63) is 0 Å². The van der Waals surface area contributed by atoms with Crippen molar-refractivity contribution in [1.82, 2.24) is 0 Å². The highest BCUT2D eigenvalue weighted by Gasteiger charge is 2.13. The lowest BCUT2D eigenvalue weighted by molar-refractivity contribution is 0.693. The Kier molecular flexibility index (Phi) is 5.34. The highest BCUT2D eigenvalue weighted by atomic mass is 31.1. The molecule has 0 bridgehead atoms. The third kappa shape index (κ3) is 8.34. The number of rotatable bonds is 4. The topological polar surface area (TPSA) is 0 Å². The van der Waals surface area contributed by atoms with E-state index in [9.17, 15) is 0 Å². The lowest BCUT2D eigenvalue weighted by Gasteiger charge is -2.23. The lowest BCUT2D eigenvalue weighted by Crippen LogP contribution is -2.10. The van der Waals surface area contributed by atoms with E-state index in [0.717, 1.165) is 14.2 Å². The molecule has 0 aromatic carbocycles. The van der Waals surface area contributed by atoms with Gasteiger partial charge in [0, 0.05) is 0 Å². The molecule has 0 aromatic heterocycles. The van der Waals surface area contributed by atoms with E-state index >= 15 is 0 Å². The second-order valence-corrected chi connectivity index (χ2v) is 7.21. The van der Waals surface area contributed by atoms with E-state index in [2.05, 4.69) is 34.6 Å². The van der Waals surface area contributed by atoms with E-state index in [-0.39, 0.29) is 0 Å². The Morgan fingerprint density at radius 1 is 1.27 bits per heavy atom. The molecular formula is C10H23P. The van der Waals surface area contributed by atoms with Gasteiger partial charge in [0.25, 0.3) is 0 Å². The van der Waals surface area contributed by atoms with Gasteiger partial charge in [-0.1, -0.05) is 47.5 Å². The first kappa shape index (κ1) is 11.4. The molecule has 0 spiro atoms. The van der Waals surface area contributed by atoms with Gasteiger partial charge < -0.3 is 0 Å². The van der Waals surface area contributed by atoms with Gasteiger partial charge in [-0.05, 0) is 17.2 Å². The second-order valence-electron chi connectivity index (χ2n) is 4.44. The number of unbranched alkanes of at least 4 members (excludes halogenated alkanes) is 1. The van der Waals surface area contributed by atoms with Gasteiger partial charge in [-0.25, -0.2) is 0 Å². The van der Waals surface area contributed by atoms with Crippen LogP contribution in [0.4, 0.5) is 0 Å². The highest BCUT2D eigenvalue weighted by molar-refractivity contribution is 7.40. The predicted molar refractivity (Wildman–Crippen MR) is 57.1 cm³/mol. The fraction of sp³-hybridized carbons (Fsp3) is 1.00. The van der Waals surface area contributed by atoms with Crippen molar-refractivity contribution >= 4 is 8.58 Å². The second kappa shape index (κ2) is 5.14. The Hall–Kier alpha value is 0.430. The van der Waals surface area contributed by atoms with Crippen molar-refractivity contribution in [2.24, 2.45) is 0 Å². The molecule has 0 fully saturated rings. The highest BCUT2D eigenvalue weighted by Crippen LogP contribution is 2.36. The summed E-state index contributed by atoms with van der Waals surface area (Å²) < 4.78 is 0. The molecule has 0 nitrogen and oxygen atoms in total. The first-order chi connectivity index (χ1) is 4.95. The molecule has 0 rings (SSSR count). The Labute approximate surface area is 73.9 Å². The maximum Gasteiger partial charge on any atom is -0.0204 e. The average Bonchev–Trinajstić information content (AvgIpc) is 1.79. The first-order valence-corrected chi connectivity index (χ1v) is 5.81. The van der Waals surface area contributed by atoms with Crippen LogP contribution in [-0.2, 0) is 0 Å². The Balaban J connectivity index is 3.44. The quantitative estimate of drug-likeness (QED) is 0.564. The van der Waals surface area contributed by atoms with Crippen LogP contribution in [0.15, 0.2) is 0 Å². The summed E-state index contributed by atoms with van der Waals surface area (Å²) in [5.74, 6) is 0. The van der Waals surface area contributed by atoms with Gasteiger partial charge in [0.05, 0.1) is 0 Å². The number of hydrogen-bond acceptors (Lipinski definition) is 0. The molecule has 0 aromatic rings. The average molecular weight is 174 g/mol. The third-order valence-electron chi connectivity index (χ3n) is 1.67. The molecule has 0 aliphatic heterocycles. The normalized spacial score (nSPS) is 16.1. The van der Waals surface area contributed by atoms with Gasteiger partial charge in [-0.3, -0.25) is 0 Å². The molecule has 0 N–H and O–H groups in total. The van der Waals surface area contributed by atoms with Crippen LogP contribution in [0.5, 0.6) is 0 Å². The van der Waals surface area contributed by atoms with Gasteiger partial charge in [0.1, 0.15) is 0 Å². The van der Waals surface area contributed by atoms with E-state index in [1.54, 1.807) is 0 Å². The summed E-state index contributed by atoms with van der Waals surface area (Å²) in [5, 5.41) is 0.549. The molecule has 0 aliphatic rings. The molecule has 0 saturated carbocycles. The Morgan fingerprint density at radius 2 is 1.82 bits per heavy atom. The molecule has 11 heavy (non-hydrogen) atoms. The summed E-state index contributed by atoms with van der Waals surface area (Å²) in [5.41, 5.74) is 0.940. The molecule has 68 valence electrons. The fourth-order valence-electron chi connectivity index (χ4n) is 1.32. The van der Waals surface area contributed by atoms with Crippen molar-refractivity contribution in [2.45, 2.75) is 64.7 Å². The summed E-state index contributed by atoms with van der Waals surface area (Å²) >= 11 is 0. The zero-order valence-electron chi connectivity index (χ0n) is 8.70. The maximum absolute atomic E-state index is 2.39. The fourth-order valence-corrected chi connectivity index (χ4v) is 3.15. The van der Waals surface area contributed by atoms with E-state index in [0.29, 0.717) is 5.16 Å². The van der Waals surface area contributed by atoms with Crippen LogP contribution in [0, 0.1) is 0 Å². The van der Waals surface area contributed by atoms with E-state index < -0.39 is 0 Å². The maximum atomic E-state index is 2.39. The van der Waals surface area contributed by atoms with Crippen molar-refractivity contribution in [3.8, 4) is 0 Å². The zero-order chi connectivity index (χ0) is 8.91. The van der Waals surface area contributed by atoms with Gasteiger partial charge in [-0.2, -0.15) is 0 Å². The van der Waals surface area contributed by atoms with Gasteiger partial charge in [0.2, 0.25) is 0 Å². The Morgan fingerprint density at radius 3 is 2.18 bits per heavy atom. The zero-order valence-corrected chi connectivity index (χ0v) is 9.70. The summed E-state index contributed by atoms with van der Waals surface area (Å²) in [7, 11) is 1.13. The van der Waals surface area contributed by atoms with Gasteiger partial charge >= 0.3 is 0 Å². The Bertz CT molecular complexity index is 91.5. The molecule has 2 unspecified atom stereocenters. The van der Waals surface area contributed by atoms with E-state index in [1.807, 2.05) is 0 Å². The molecule has 2 atom stereocenters. The van der Waals surface area contributed by atoms with Crippen LogP contribution in [0.3, 0.4) is 0 Å². The van der Waals surface area contributed by atoms with Crippen LogP contribution in [-0.4, -0.2) is 10.8 Å². The van der Waals surface area contributed by atoms with Crippen molar-refractivity contribution in [2.75, 3.05) is 0 Å². The van der Waals surface area contributed by atoms with Crippen LogP contribution in [0.1, 0.15) is 53.9 Å². The minimum Gasteiger partial charge on any atom is -0.114 e. The molecule has 1 heteroatoms. The van der Waals surface area contributed by atoms with E-state index in [4.69, 9.17) is 0 Å². The monoisotopic (exact) mass is 174 g/mol. The van der Waals surface area contributed by atoms with Crippen LogP contribution in [0.2, 0.25) is 0 Å². The summed E-state index contributed by atoms with van der Waals surface area (Å²) in [6.07, 6.45) is 4.18. The van der Waals surface area contributed by atoms with E-state index in [1.165, 1.54) is 19.3 Å². The summed E-state index contributed by atoms with van der Waals surface area (Å²) in [6.45, 7) is 11.7. The van der Waals surface area contributed by atoms with Crippen molar-refractivity contribution < 1.29 is 0 Å². The predicted octanol–water partition coefficient (Wildman–Crippen LogP) is 4.04. The van der Waals surface area contributed by atoms with Crippen molar-refractivity contribution in [1.29, 1.82) is 0 Å². The molecule has 0 aliphatic carbocycles. The summed E-state index contributed by atoms with van der Waals surface area (Å²) in [6, 6.07) is 0. The molecule has 0 saturated heterocycles. The molecule has 0 heterocycles. The van der Waals surface area contributed by atoms with Crippen LogP contribution < -0.4 is 0 Å². The standard InChI is InChI=1S/C10H23P/c1-6-7-8-9(2)11-10(3,4)5/h9,11H,6-8H2,1-5H3. The largest absolute Gasteiger partial charge is 0.114 e. The SMILES string of the molecule is CCCCC(C)PC(C)(C)C. The van der Waals surface area contributed by atoms with Crippen molar-refractivity contribution in [3.63, 3.8) is 0 Å². The first-order valence-electron chi connectivity index (χ1n) is 4.73. The lowest BCUT2D eigenvalue weighted by atomic mass is 10.2. The summed E-state index contributed by atoms with van der Waals surface area (Å²) in [4.78, 5) is 0. The minimum absolute atomic E-state index is 0.549. The number of hydrogen-bond donors (Lipinski definition) is 0. The van der Waals surface area contributed by atoms with Crippen LogP contribution >= 0.6 is 8.58 Å². The third-order valence-corrected chi connectivity index (χ3v) is 3.32. The van der Waals surface area contributed by atoms with Crippen LogP contribution in [0.25, 0.3) is 0 Å². The van der Waals surface area contributed by atoms with Gasteiger partial charge in [0.15, 0.2) is 0 Å².